The van der Waals surface area contributed by atoms with Crippen LogP contribution in [0.2, 0.25) is 0 Å². The number of aromatic nitrogens is 2. The summed E-state index contributed by atoms with van der Waals surface area (Å²) in [4.78, 5) is 10.8. The number of ether oxygens (including phenoxy) is 1. The zero-order chi connectivity index (χ0) is 13.8. The molecule has 1 aromatic heterocycles. The molecule has 0 aromatic carbocycles. The minimum atomic E-state index is -0.381. The van der Waals surface area contributed by atoms with Crippen molar-refractivity contribution in [1.29, 1.82) is 0 Å². The Labute approximate surface area is 113 Å². The average Bonchev–Trinajstić information content (AvgIpc) is 2.44. The predicted molar refractivity (Wildman–Crippen MR) is 71.7 cm³/mol. The second kappa shape index (κ2) is 6.25. The number of hydrogen-bond acceptors (Lipinski definition) is 5. The van der Waals surface area contributed by atoms with Crippen molar-refractivity contribution >= 4 is 5.82 Å². The number of likely N-dealkylation sites (N-methyl/N-ethyl adjacent to an activating group) is 1. The van der Waals surface area contributed by atoms with E-state index in [0.717, 1.165) is 19.6 Å². The molecule has 19 heavy (non-hydrogen) atoms. The van der Waals surface area contributed by atoms with Crippen molar-refractivity contribution < 1.29 is 9.13 Å². The summed E-state index contributed by atoms with van der Waals surface area (Å²) in [5.41, 5.74) is 0.359. The third-order valence-electron chi connectivity index (χ3n) is 3.26. The van der Waals surface area contributed by atoms with Gasteiger partial charge in [-0.2, -0.15) is 0 Å². The Hall–Kier alpha value is -1.27. The van der Waals surface area contributed by atoms with E-state index in [1.54, 1.807) is 6.92 Å². The first-order chi connectivity index (χ1) is 9.15. The van der Waals surface area contributed by atoms with E-state index < -0.39 is 0 Å². The summed E-state index contributed by atoms with van der Waals surface area (Å²) in [5, 5.41) is 2.93. The fourth-order valence-electron chi connectivity index (χ4n) is 2.16. The van der Waals surface area contributed by atoms with E-state index in [9.17, 15) is 4.39 Å². The van der Waals surface area contributed by atoms with Crippen LogP contribution in [0.4, 0.5) is 10.2 Å². The molecule has 0 bridgehead atoms. The van der Waals surface area contributed by atoms with Crippen molar-refractivity contribution in [2.24, 2.45) is 0 Å². The van der Waals surface area contributed by atoms with Gasteiger partial charge in [-0.25, -0.2) is 14.4 Å². The molecule has 1 saturated heterocycles. The number of nitrogens with one attached hydrogen (secondary N) is 1. The van der Waals surface area contributed by atoms with Crippen molar-refractivity contribution in [3.8, 4) is 0 Å². The van der Waals surface area contributed by atoms with Gasteiger partial charge in [0, 0.05) is 19.6 Å². The zero-order valence-corrected chi connectivity index (χ0v) is 11.7. The maximum atomic E-state index is 13.8. The monoisotopic (exact) mass is 268 g/mol. The summed E-state index contributed by atoms with van der Waals surface area (Å²) in [6.07, 6.45) is -0.176. The van der Waals surface area contributed by atoms with Crippen molar-refractivity contribution in [3.05, 3.63) is 17.3 Å². The van der Waals surface area contributed by atoms with Crippen molar-refractivity contribution in [1.82, 2.24) is 14.9 Å². The number of rotatable bonds is 4. The van der Waals surface area contributed by atoms with Crippen LogP contribution in [0.25, 0.3) is 0 Å². The molecule has 1 atom stereocenters. The van der Waals surface area contributed by atoms with E-state index in [2.05, 4.69) is 27.1 Å². The third kappa shape index (κ3) is 3.19. The highest BCUT2D eigenvalue weighted by atomic mass is 19.1. The predicted octanol–water partition coefficient (Wildman–Crippen LogP) is 1.75. The van der Waals surface area contributed by atoms with Crippen LogP contribution in [0, 0.1) is 12.7 Å². The lowest BCUT2D eigenvalue weighted by molar-refractivity contribution is -0.0326. The molecule has 106 valence electrons. The van der Waals surface area contributed by atoms with E-state index in [0.29, 0.717) is 24.7 Å². The van der Waals surface area contributed by atoms with Gasteiger partial charge in [0.2, 0.25) is 0 Å². The number of hydrogen-bond donors (Lipinski definition) is 1. The summed E-state index contributed by atoms with van der Waals surface area (Å²) >= 11 is 0. The van der Waals surface area contributed by atoms with Crippen LogP contribution in [0.5, 0.6) is 0 Å². The van der Waals surface area contributed by atoms with Gasteiger partial charge in [0.1, 0.15) is 6.10 Å². The first-order valence-electron chi connectivity index (χ1n) is 6.77. The highest BCUT2D eigenvalue weighted by molar-refractivity contribution is 5.38. The maximum absolute atomic E-state index is 13.8. The van der Waals surface area contributed by atoms with E-state index >= 15 is 0 Å². The summed E-state index contributed by atoms with van der Waals surface area (Å²) in [6, 6.07) is 0. The van der Waals surface area contributed by atoms with Crippen LogP contribution >= 0.6 is 0 Å². The Morgan fingerprint density at radius 3 is 2.89 bits per heavy atom. The van der Waals surface area contributed by atoms with E-state index in [1.807, 2.05) is 6.92 Å². The highest BCUT2D eigenvalue weighted by Crippen LogP contribution is 2.22. The quantitative estimate of drug-likeness (QED) is 0.901. The Balaban J connectivity index is 2.24. The third-order valence-corrected chi connectivity index (χ3v) is 3.26. The van der Waals surface area contributed by atoms with Crippen LogP contribution < -0.4 is 5.32 Å². The molecule has 1 aliphatic heterocycles. The summed E-state index contributed by atoms with van der Waals surface area (Å²) in [6.45, 7) is 9.62. The molecule has 2 rings (SSSR count). The minimum Gasteiger partial charge on any atom is -0.368 e. The topological polar surface area (TPSA) is 50.3 Å². The largest absolute Gasteiger partial charge is 0.368 e. The Morgan fingerprint density at radius 2 is 2.21 bits per heavy atom. The fourth-order valence-corrected chi connectivity index (χ4v) is 2.16. The van der Waals surface area contributed by atoms with Gasteiger partial charge < -0.3 is 10.1 Å². The van der Waals surface area contributed by atoms with Gasteiger partial charge >= 0.3 is 0 Å². The highest BCUT2D eigenvalue weighted by Gasteiger charge is 2.25. The van der Waals surface area contributed by atoms with Gasteiger partial charge in [-0.15, -0.1) is 0 Å². The van der Waals surface area contributed by atoms with Gasteiger partial charge in [0.05, 0.1) is 12.3 Å². The zero-order valence-electron chi connectivity index (χ0n) is 11.7. The van der Waals surface area contributed by atoms with Gasteiger partial charge in [-0.1, -0.05) is 6.92 Å². The van der Waals surface area contributed by atoms with Gasteiger partial charge in [0.15, 0.2) is 17.5 Å². The lowest BCUT2D eigenvalue weighted by Gasteiger charge is -2.31. The molecular formula is C13H21FN4O. The van der Waals surface area contributed by atoms with E-state index in [-0.39, 0.29) is 17.7 Å². The number of nitrogens with zero attached hydrogens (tertiary/aromatic N) is 3. The second-order valence-electron chi connectivity index (χ2n) is 4.61. The van der Waals surface area contributed by atoms with Crippen molar-refractivity contribution in [2.75, 3.05) is 38.1 Å². The maximum Gasteiger partial charge on any atom is 0.186 e. The van der Waals surface area contributed by atoms with Gasteiger partial charge in [-0.05, 0) is 20.4 Å². The first-order valence-corrected chi connectivity index (χ1v) is 6.77. The standard InChI is InChI=1S/C13H21FN4O/c1-4-15-13-11(14)9(3)16-12(17-13)10-8-18(5-2)6-7-19-10/h10H,4-8H2,1-3H3,(H,15,16,17). The SMILES string of the molecule is CCNc1nc(C2CN(CC)CCO2)nc(C)c1F. The molecule has 1 N–H and O–H groups in total. The van der Waals surface area contributed by atoms with Gasteiger partial charge in [-0.3, -0.25) is 4.90 Å². The molecular weight excluding hydrogens is 247 g/mol. The molecule has 2 heterocycles. The minimum absolute atomic E-state index is 0.176. The number of morpholine rings is 1. The van der Waals surface area contributed by atoms with Crippen molar-refractivity contribution in [3.63, 3.8) is 0 Å². The summed E-state index contributed by atoms with van der Waals surface area (Å²) in [7, 11) is 0. The van der Waals surface area contributed by atoms with Crippen molar-refractivity contribution in [2.45, 2.75) is 26.9 Å². The molecule has 0 saturated carbocycles. The molecule has 0 amide bonds. The molecule has 0 spiro atoms. The van der Waals surface area contributed by atoms with Crippen LogP contribution in [-0.2, 0) is 4.74 Å². The summed E-state index contributed by atoms with van der Waals surface area (Å²) in [5.74, 6) is 0.448. The van der Waals surface area contributed by atoms with E-state index in [4.69, 9.17) is 4.74 Å². The molecule has 5 nitrogen and oxygen atoms in total. The van der Waals surface area contributed by atoms with Gasteiger partial charge in [0.25, 0.3) is 0 Å². The molecule has 1 aliphatic rings. The molecule has 6 heteroatoms. The van der Waals surface area contributed by atoms with E-state index in [1.165, 1.54) is 0 Å². The lowest BCUT2D eigenvalue weighted by atomic mass is 10.2. The Bertz CT molecular complexity index is 441. The molecule has 0 radical (unpaired) electrons. The number of anilines is 1. The van der Waals surface area contributed by atoms with Crippen LogP contribution in [0.1, 0.15) is 31.5 Å². The number of halogens is 1. The molecule has 1 fully saturated rings. The normalized spacial score (nSPS) is 20.5. The number of aryl methyl sites for hydroxylation is 1. The van der Waals surface area contributed by atoms with Crippen LogP contribution in [-0.4, -0.2) is 47.7 Å². The van der Waals surface area contributed by atoms with Crippen LogP contribution in [0.3, 0.4) is 0 Å². The lowest BCUT2D eigenvalue weighted by Crippen LogP contribution is -2.38. The molecule has 1 aromatic rings. The van der Waals surface area contributed by atoms with Crippen LogP contribution in [0.15, 0.2) is 0 Å². The second-order valence-corrected chi connectivity index (χ2v) is 4.61. The first kappa shape index (κ1) is 14.1. The summed E-state index contributed by atoms with van der Waals surface area (Å²) < 4.78 is 19.5. The Morgan fingerprint density at radius 1 is 1.42 bits per heavy atom. The smallest absolute Gasteiger partial charge is 0.186 e. The molecule has 0 aliphatic carbocycles. The Kier molecular flexibility index (Phi) is 4.66. The molecule has 1 unspecified atom stereocenters. The average molecular weight is 268 g/mol. The fraction of sp³-hybridized carbons (Fsp3) is 0.692.